The van der Waals surface area contributed by atoms with Crippen LogP contribution in [0.15, 0.2) is 51.8 Å². The first kappa shape index (κ1) is 14.0. The molecule has 98 valence electrons. The molecule has 2 rings (SSSR count). The monoisotopic (exact) mass is 337 g/mol. The first-order chi connectivity index (χ1) is 9.10. The molecule has 0 radical (unpaired) electrons. The summed E-state index contributed by atoms with van der Waals surface area (Å²) in [5, 5.41) is 2.82. The smallest absolute Gasteiger partial charge is 0.256 e. The van der Waals surface area contributed by atoms with E-state index in [0.29, 0.717) is 11.3 Å². The van der Waals surface area contributed by atoms with E-state index in [4.69, 9.17) is 4.74 Å². The minimum Gasteiger partial charge on any atom is -0.497 e. The van der Waals surface area contributed by atoms with Gasteiger partial charge >= 0.3 is 0 Å². The quantitative estimate of drug-likeness (QED) is 0.831. The number of methoxy groups -OCH3 is 1. The molecule has 1 N–H and O–H groups in total. The molecule has 0 spiro atoms. The number of hydrogen-bond donors (Lipinski definition) is 2. The van der Waals surface area contributed by atoms with Crippen LogP contribution in [0.3, 0.4) is 0 Å². The Labute approximate surface area is 125 Å². The normalized spacial score (nSPS) is 10.1. The van der Waals surface area contributed by atoms with Gasteiger partial charge in [0.05, 0.1) is 12.7 Å². The van der Waals surface area contributed by atoms with Gasteiger partial charge in [-0.2, -0.15) is 0 Å². The third-order valence-corrected chi connectivity index (χ3v) is 3.51. The molecule has 19 heavy (non-hydrogen) atoms. The highest BCUT2D eigenvalue weighted by atomic mass is 79.9. The van der Waals surface area contributed by atoms with Gasteiger partial charge in [0, 0.05) is 15.1 Å². The molecule has 0 aliphatic carbocycles. The van der Waals surface area contributed by atoms with Crippen LogP contribution in [0.5, 0.6) is 5.75 Å². The van der Waals surface area contributed by atoms with Crippen molar-refractivity contribution >= 4 is 40.2 Å². The number of rotatable bonds is 3. The molecule has 0 atom stereocenters. The van der Waals surface area contributed by atoms with Crippen LogP contribution in [0.1, 0.15) is 10.4 Å². The van der Waals surface area contributed by atoms with Crippen LogP contribution in [0.2, 0.25) is 0 Å². The van der Waals surface area contributed by atoms with Gasteiger partial charge in [-0.15, -0.1) is 12.6 Å². The van der Waals surface area contributed by atoms with E-state index in [1.807, 2.05) is 6.07 Å². The molecule has 2 aromatic rings. The van der Waals surface area contributed by atoms with Gasteiger partial charge in [0.25, 0.3) is 5.91 Å². The van der Waals surface area contributed by atoms with Crippen LogP contribution in [0.4, 0.5) is 5.69 Å². The number of amides is 1. The Hall–Kier alpha value is -1.46. The minimum atomic E-state index is -0.187. The number of nitrogens with one attached hydrogen (secondary N) is 1. The molecule has 0 aliphatic rings. The van der Waals surface area contributed by atoms with E-state index < -0.39 is 0 Å². The summed E-state index contributed by atoms with van der Waals surface area (Å²) in [6, 6.07) is 12.5. The van der Waals surface area contributed by atoms with E-state index in [0.717, 1.165) is 15.1 Å². The summed E-state index contributed by atoms with van der Waals surface area (Å²) in [6.07, 6.45) is 0. The van der Waals surface area contributed by atoms with Crippen LogP contribution in [-0.4, -0.2) is 13.0 Å². The van der Waals surface area contributed by atoms with E-state index in [9.17, 15) is 4.79 Å². The molecule has 0 unspecified atom stereocenters. The zero-order valence-electron chi connectivity index (χ0n) is 10.2. The number of carbonyl (C=O) groups is 1. The van der Waals surface area contributed by atoms with E-state index >= 15 is 0 Å². The fraction of sp³-hybridized carbons (Fsp3) is 0.0714. The maximum Gasteiger partial charge on any atom is 0.256 e. The third-order valence-electron chi connectivity index (χ3n) is 2.54. The summed E-state index contributed by atoms with van der Waals surface area (Å²) in [6.45, 7) is 0. The number of hydrogen-bond acceptors (Lipinski definition) is 3. The maximum atomic E-state index is 12.1. The molecule has 0 heterocycles. The second-order valence-corrected chi connectivity index (χ2v) is 5.22. The molecule has 0 bridgehead atoms. The van der Waals surface area contributed by atoms with E-state index in [2.05, 4.69) is 33.9 Å². The van der Waals surface area contributed by atoms with Crippen LogP contribution in [-0.2, 0) is 0 Å². The molecular weight excluding hydrogens is 326 g/mol. The summed E-state index contributed by atoms with van der Waals surface area (Å²) >= 11 is 7.58. The highest BCUT2D eigenvalue weighted by molar-refractivity contribution is 9.10. The predicted octanol–water partition coefficient (Wildman–Crippen LogP) is 4.00. The summed E-state index contributed by atoms with van der Waals surface area (Å²) < 4.78 is 5.80. The van der Waals surface area contributed by atoms with Crippen molar-refractivity contribution in [1.29, 1.82) is 0 Å². The average molecular weight is 338 g/mol. The van der Waals surface area contributed by atoms with E-state index in [1.54, 1.807) is 43.5 Å². The van der Waals surface area contributed by atoms with Crippen molar-refractivity contribution in [3.05, 3.63) is 52.5 Å². The summed E-state index contributed by atoms with van der Waals surface area (Å²) in [5.74, 6) is 0.560. The minimum absolute atomic E-state index is 0.187. The fourth-order valence-corrected chi connectivity index (χ4v) is 2.19. The molecule has 3 nitrogen and oxygen atoms in total. The molecule has 0 saturated heterocycles. The zero-order valence-corrected chi connectivity index (χ0v) is 12.7. The Morgan fingerprint density at radius 3 is 2.53 bits per heavy atom. The Morgan fingerprint density at radius 2 is 1.89 bits per heavy atom. The van der Waals surface area contributed by atoms with Gasteiger partial charge in [0.1, 0.15) is 5.75 Å². The van der Waals surface area contributed by atoms with E-state index in [1.165, 1.54) is 0 Å². The Morgan fingerprint density at radius 1 is 1.21 bits per heavy atom. The molecule has 0 aromatic heterocycles. The van der Waals surface area contributed by atoms with Crippen molar-refractivity contribution in [2.24, 2.45) is 0 Å². The summed E-state index contributed by atoms with van der Waals surface area (Å²) in [4.78, 5) is 12.9. The van der Waals surface area contributed by atoms with Crippen molar-refractivity contribution in [1.82, 2.24) is 0 Å². The molecule has 5 heteroatoms. The van der Waals surface area contributed by atoms with Gasteiger partial charge in [0.15, 0.2) is 0 Å². The largest absolute Gasteiger partial charge is 0.497 e. The highest BCUT2D eigenvalue weighted by Gasteiger charge is 2.10. The summed E-state index contributed by atoms with van der Waals surface area (Å²) in [7, 11) is 1.60. The van der Waals surface area contributed by atoms with Gasteiger partial charge in [0.2, 0.25) is 0 Å². The Balaban J connectivity index is 2.18. The van der Waals surface area contributed by atoms with Crippen molar-refractivity contribution in [3.63, 3.8) is 0 Å². The van der Waals surface area contributed by atoms with Gasteiger partial charge in [-0.3, -0.25) is 4.79 Å². The van der Waals surface area contributed by atoms with Gasteiger partial charge in [-0.25, -0.2) is 0 Å². The van der Waals surface area contributed by atoms with Crippen molar-refractivity contribution in [2.75, 3.05) is 12.4 Å². The average Bonchev–Trinajstić information content (AvgIpc) is 2.42. The Bertz CT molecular complexity index is 599. The van der Waals surface area contributed by atoms with Crippen molar-refractivity contribution in [3.8, 4) is 5.75 Å². The van der Waals surface area contributed by atoms with Crippen LogP contribution in [0.25, 0.3) is 0 Å². The number of benzene rings is 2. The molecular formula is C14H12BrNO2S. The van der Waals surface area contributed by atoms with Gasteiger partial charge < -0.3 is 10.1 Å². The second-order valence-electron chi connectivity index (χ2n) is 3.85. The van der Waals surface area contributed by atoms with Gasteiger partial charge in [-0.1, -0.05) is 0 Å². The second kappa shape index (κ2) is 6.12. The SMILES string of the molecule is COc1ccc(NC(=O)c2cc(S)ccc2Br)cc1. The zero-order chi connectivity index (χ0) is 13.8. The number of ether oxygens (including phenoxy) is 1. The van der Waals surface area contributed by atoms with Crippen LogP contribution >= 0.6 is 28.6 Å². The molecule has 0 saturated carbocycles. The lowest BCUT2D eigenvalue weighted by Gasteiger charge is -2.08. The fourth-order valence-electron chi connectivity index (χ4n) is 1.56. The molecule has 0 aliphatic heterocycles. The van der Waals surface area contributed by atoms with Crippen LogP contribution in [0, 0.1) is 0 Å². The lowest BCUT2D eigenvalue weighted by molar-refractivity contribution is 0.102. The standard InChI is InChI=1S/C14H12BrNO2S/c1-18-10-4-2-9(3-5-10)16-14(17)12-8-11(19)6-7-13(12)15/h2-8,19H,1H3,(H,16,17). The van der Waals surface area contributed by atoms with Crippen LogP contribution < -0.4 is 10.1 Å². The lowest BCUT2D eigenvalue weighted by Crippen LogP contribution is -2.12. The molecule has 0 fully saturated rings. The topological polar surface area (TPSA) is 38.3 Å². The van der Waals surface area contributed by atoms with Crippen molar-refractivity contribution < 1.29 is 9.53 Å². The summed E-state index contributed by atoms with van der Waals surface area (Å²) in [5.41, 5.74) is 1.26. The lowest BCUT2D eigenvalue weighted by atomic mass is 10.2. The first-order valence-electron chi connectivity index (χ1n) is 5.54. The third kappa shape index (κ3) is 3.52. The molecule has 2 aromatic carbocycles. The van der Waals surface area contributed by atoms with E-state index in [-0.39, 0.29) is 5.91 Å². The number of halogens is 1. The van der Waals surface area contributed by atoms with Crippen molar-refractivity contribution in [2.45, 2.75) is 4.90 Å². The highest BCUT2D eigenvalue weighted by Crippen LogP contribution is 2.22. The number of anilines is 1. The first-order valence-corrected chi connectivity index (χ1v) is 6.78. The number of carbonyl (C=O) groups excluding carboxylic acids is 1. The van der Waals surface area contributed by atoms with Gasteiger partial charge in [-0.05, 0) is 58.4 Å². The Kier molecular flexibility index (Phi) is 4.50. The maximum absolute atomic E-state index is 12.1. The number of thiol groups is 1. The predicted molar refractivity (Wildman–Crippen MR) is 82.3 cm³/mol. The molecule has 1 amide bonds.